The number of hydrogen-bond donors (Lipinski definition) is 2. The Kier molecular flexibility index (Phi) is 2.55. The summed E-state index contributed by atoms with van der Waals surface area (Å²) in [5.41, 5.74) is 12.3. The van der Waals surface area contributed by atoms with E-state index in [-0.39, 0.29) is 11.8 Å². The number of para-hydroxylation sites is 1. The van der Waals surface area contributed by atoms with E-state index in [0.29, 0.717) is 11.4 Å². The Bertz CT molecular complexity index is 514. The third kappa shape index (κ3) is 1.72. The molecule has 82 valence electrons. The average Bonchev–Trinajstić information content (AvgIpc) is 2.29. The Morgan fingerprint density at radius 2 is 1.88 bits per heavy atom. The summed E-state index contributed by atoms with van der Waals surface area (Å²) in [6, 6.07) is 7.36. The van der Waals surface area contributed by atoms with Crippen LogP contribution in [-0.4, -0.2) is 22.3 Å². The van der Waals surface area contributed by atoms with Gasteiger partial charge in [0.1, 0.15) is 11.4 Å². The molecule has 6 nitrogen and oxygen atoms in total. The molecule has 2 aromatic rings. The number of rotatable bonds is 2. The largest absolute Gasteiger partial charge is 0.496 e. The molecular formula is C10H11N5O. The van der Waals surface area contributed by atoms with Crippen LogP contribution in [0, 0.1) is 0 Å². The molecule has 4 N–H and O–H groups in total. The molecule has 0 saturated heterocycles. The fourth-order valence-electron chi connectivity index (χ4n) is 1.38. The SMILES string of the molecule is COc1ccccc1-c1nnc(N)nc1N. The fraction of sp³-hybridized carbons (Fsp3) is 0.100. The summed E-state index contributed by atoms with van der Waals surface area (Å²) >= 11 is 0. The van der Waals surface area contributed by atoms with Crippen LogP contribution in [0.1, 0.15) is 0 Å². The van der Waals surface area contributed by atoms with Gasteiger partial charge in [0, 0.05) is 5.56 Å². The minimum atomic E-state index is 0.0520. The quantitative estimate of drug-likeness (QED) is 0.768. The van der Waals surface area contributed by atoms with Crippen molar-refractivity contribution in [3.63, 3.8) is 0 Å². The third-order valence-electron chi connectivity index (χ3n) is 2.09. The van der Waals surface area contributed by atoms with Gasteiger partial charge in [-0.05, 0) is 12.1 Å². The van der Waals surface area contributed by atoms with E-state index in [1.165, 1.54) is 0 Å². The second-order valence-electron chi connectivity index (χ2n) is 3.10. The van der Waals surface area contributed by atoms with Crippen LogP contribution >= 0.6 is 0 Å². The second-order valence-corrected chi connectivity index (χ2v) is 3.10. The summed E-state index contributed by atoms with van der Waals surface area (Å²) in [6.45, 7) is 0. The number of benzene rings is 1. The normalized spacial score (nSPS) is 10.1. The zero-order valence-corrected chi connectivity index (χ0v) is 8.71. The standard InChI is InChI=1S/C10H11N5O/c1-16-7-5-3-2-4-6(7)8-9(11)13-10(12)15-14-8/h2-5H,1H3,(H4,11,12,13,15). The van der Waals surface area contributed by atoms with Gasteiger partial charge in [-0.25, -0.2) is 0 Å². The smallest absolute Gasteiger partial charge is 0.242 e. The van der Waals surface area contributed by atoms with Crippen molar-refractivity contribution in [2.24, 2.45) is 0 Å². The zero-order valence-electron chi connectivity index (χ0n) is 8.71. The number of aromatic nitrogens is 3. The number of nitrogen functional groups attached to an aromatic ring is 2. The van der Waals surface area contributed by atoms with Crippen molar-refractivity contribution in [1.82, 2.24) is 15.2 Å². The monoisotopic (exact) mass is 217 g/mol. The van der Waals surface area contributed by atoms with Crippen molar-refractivity contribution >= 4 is 11.8 Å². The summed E-state index contributed by atoms with van der Waals surface area (Å²) in [4.78, 5) is 3.85. The van der Waals surface area contributed by atoms with Crippen LogP contribution in [0.3, 0.4) is 0 Å². The summed E-state index contributed by atoms with van der Waals surface area (Å²) < 4.78 is 5.20. The molecule has 0 fully saturated rings. The fourth-order valence-corrected chi connectivity index (χ4v) is 1.38. The van der Waals surface area contributed by atoms with E-state index in [9.17, 15) is 0 Å². The molecular weight excluding hydrogens is 206 g/mol. The van der Waals surface area contributed by atoms with Gasteiger partial charge >= 0.3 is 0 Å². The van der Waals surface area contributed by atoms with Crippen LogP contribution in [0.2, 0.25) is 0 Å². The molecule has 0 atom stereocenters. The Hall–Kier alpha value is -2.37. The Balaban J connectivity index is 2.58. The molecule has 2 rings (SSSR count). The highest BCUT2D eigenvalue weighted by Crippen LogP contribution is 2.30. The zero-order chi connectivity index (χ0) is 11.5. The number of hydrogen-bond acceptors (Lipinski definition) is 6. The topological polar surface area (TPSA) is 99.9 Å². The predicted octanol–water partition coefficient (Wildman–Crippen LogP) is 0.712. The molecule has 0 amide bonds. The van der Waals surface area contributed by atoms with Crippen LogP contribution in [0.5, 0.6) is 5.75 Å². The Labute approximate surface area is 92.3 Å². The average molecular weight is 217 g/mol. The molecule has 1 aromatic carbocycles. The number of methoxy groups -OCH3 is 1. The maximum Gasteiger partial charge on any atom is 0.242 e. The first-order chi connectivity index (χ1) is 7.72. The van der Waals surface area contributed by atoms with Gasteiger partial charge < -0.3 is 16.2 Å². The summed E-state index contributed by atoms with van der Waals surface area (Å²) in [5.74, 6) is 0.947. The Morgan fingerprint density at radius 1 is 1.12 bits per heavy atom. The molecule has 0 unspecified atom stereocenters. The molecule has 1 aromatic heterocycles. The van der Waals surface area contributed by atoms with E-state index in [1.54, 1.807) is 7.11 Å². The molecule has 1 heterocycles. The minimum absolute atomic E-state index is 0.0520. The van der Waals surface area contributed by atoms with Gasteiger partial charge in [-0.2, -0.15) is 4.98 Å². The highest BCUT2D eigenvalue weighted by Gasteiger charge is 2.11. The molecule has 0 saturated carbocycles. The molecule has 0 bridgehead atoms. The van der Waals surface area contributed by atoms with E-state index in [0.717, 1.165) is 5.56 Å². The lowest BCUT2D eigenvalue weighted by atomic mass is 10.1. The van der Waals surface area contributed by atoms with Gasteiger partial charge in [-0.15, -0.1) is 10.2 Å². The van der Waals surface area contributed by atoms with Crippen molar-refractivity contribution in [2.45, 2.75) is 0 Å². The van der Waals surface area contributed by atoms with Crippen LogP contribution in [-0.2, 0) is 0 Å². The van der Waals surface area contributed by atoms with Gasteiger partial charge in [-0.3, -0.25) is 0 Å². The van der Waals surface area contributed by atoms with Gasteiger partial charge in [-0.1, -0.05) is 12.1 Å². The van der Waals surface area contributed by atoms with Gasteiger partial charge in [0.15, 0.2) is 5.82 Å². The lowest BCUT2D eigenvalue weighted by Gasteiger charge is -2.08. The lowest BCUT2D eigenvalue weighted by molar-refractivity contribution is 0.416. The van der Waals surface area contributed by atoms with E-state index >= 15 is 0 Å². The molecule has 0 spiro atoms. The van der Waals surface area contributed by atoms with Crippen LogP contribution in [0.4, 0.5) is 11.8 Å². The van der Waals surface area contributed by atoms with Crippen molar-refractivity contribution in [3.8, 4) is 17.0 Å². The van der Waals surface area contributed by atoms with E-state index in [1.807, 2.05) is 24.3 Å². The summed E-state index contributed by atoms with van der Waals surface area (Å²) in [7, 11) is 1.58. The minimum Gasteiger partial charge on any atom is -0.496 e. The third-order valence-corrected chi connectivity index (χ3v) is 2.09. The molecule has 0 aliphatic carbocycles. The van der Waals surface area contributed by atoms with Crippen molar-refractivity contribution in [3.05, 3.63) is 24.3 Å². The summed E-state index contributed by atoms with van der Waals surface area (Å²) in [5, 5.41) is 7.59. The predicted molar refractivity (Wildman–Crippen MR) is 60.6 cm³/mol. The van der Waals surface area contributed by atoms with Gasteiger partial charge in [0.2, 0.25) is 5.95 Å². The number of nitrogens with two attached hydrogens (primary N) is 2. The van der Waals surface area contributed by atoms with Gasteiger partial charge in [0.25, 0.3) is 0 Å². The van der Waals surface area contributed by atoms with Crippen molar-refractivity contribution < 1.29 is 4.74 Å². The first kappa shape index (κ1) is 10.2. The molecule has 0 radical (unpaired) electrons. The maximum absolute atomic E-state index is 5.73. The first-order valence-electron chi connectivity index (χ1n) is 4.61. The van der Waals surface area contributed by atoms with E-state index in [2.05, 4.69) is 15.2 Å². The van der Waals surface area contributed by atoms with Crippen molar-refractivity contribution in [2.75, 3.05) is 18.6 Å². The molecule has 16 heavy (non-hydrogen) atoms. The highest BCUT2D eigenvalue weighted by atomic mass is 16.5. The molecule has 0 aliphatic rings. The lowest BCUT2D eigenvalue weighted by Crippen LogP contribution is -2.04. The number of anilines is 2. The molecule has 0 aliphatic heterocycles. The number of nitrogens with zero attached hydrogens (tertiary/aromatic N) is 3. The van der Waals surface area contributed by atoms with E-state index in [4.69, 9.17) is 16.2 Å². The van der Waals surface area contributed by atoms with Crippen LogP contribution < -0.4 is 16.2 Å². The number of ether oxygens (including phenoxy) is 1. The van der Waals surface area contributed by atoms with Crippen molar-refractivity contribution in [1.29, 1.82) is 0 Å². The summed E-state index contributed by atoms with van der Waals surface area (Å²) in [6.07, 6.45) is 0. The maximum atomic E-state index is 5.73. The highest BCUT2D eigenvalue weighted by molar-refractivity contribution is 5.74. The first-order valence-corrected chi connectivity index (χ1v) is 4.61. The molecule has 6 heteroatoms. The second kappa shape index (κ2) is 4.01. The van der Waals surface area contributed by atoms with Crippen LogP contribution in [0.25, 0.3) is 11.3 Å². The van der Waals surface area contributed by atoms with Gasteiger partial charge in [0.05, 0.1) is 7.11 Å². The Morgan fingerprint density at radius 3 is 2.56 bits per heavy atom. The van der Waals surface area contributed by atoms with E-state index < -0.39 is 0 Å². The van der Waals surface area contributed by atoms with Crippen LogP contribution in [0.15, 0.2) is 24.3 Å².